The summed E-state index contributed by atoms with van der Waals surface area (Å²) in [5, 5.41) is 2.93. The molecule has 0 spiro atoms. The molecule has 0 bridgehead atoms. The van der Waals surface area contributed by atoms with Crippen LogP contribution in [0.15, 0.2) is 54.6 Å². The molecule has 0 aliphatic carbocycles. The molecule has 2 aromatic carbocycles. The first kappa shape index (κ1) is 20.8. The molecule has 0 heterocycles. The Balaban J connectivity index is 1.99. The van der Waals surface area contributed by atoms with E-state index < -0.39 is 10.1 Å². The molecule has 0 aliphatic heterocycles. The normalized spacial score (nSPS) is 11.3. The number of nitrogens with one attached hydrogen (secondary N) is 1. The van der Waals surface area contributed by atoms with Crippen LogP contribution in [0.2, 0.25) is 0 Å². The van der Waals surface area contributed by atoms with Gasteiger partial charge in [-0.15, -0.1) is 0 Å². The zero-order valence-electron chi connectivity index (χ0n) is 15.9. The Morgan fingerprint density at radius 1 is 1.04 bits per heavy atom. The van der Waals surface area contributed by atoms with Gasteiger partial charge < -0.3 is 14.4 Å². The van der Waals surface area contributed by atoms with Crippen LogP contribution in [-0.2, 0) is 23.2 Å². The Morgan fingerprint density at radius 3 is 2.22 bits per heavy atom. The number of nitrogens with zero attached hydrogens (tertiary/aromatic N) is 1. The third kappa shape index (κ3) is 6.60. The van der Waals surface area contributed by atoms with Crippen LogP contribution < -0.4 is 9.50 Å². The number of hydrogen-bond donors (Lipinski definition) is 1. The lowest BCUT2D eigenvalue weighted by Gasteiger charge is -2.27. The van der Waals surface area contributed by atoms with Crippen LogP contribution in [0, 0.1) is 0 Å². The van der Waals surface area contributed by atoms with E-state index in [0.29, 0.717) is 13.1 Å². The first-order chi connectivity index (χ1) is 12.8. The van der Waals surface area contributed by atoms with E-state index in [9.17, 15) is 13.2 Å². The van der Waals surface area contributed by atoms with Gasteiger partial charge in [-0.25, -0.2) is 4.79 Å². The predicted octanol–water partition coefficient (Wildman–Crippen LogP) is 3.54. The first-order valence-corrected chi connectivity index (χ1v) is 10.5. The molecule has 0 saturated carbocycles. The SMILES string of the molecule is CCS(=O)(=O)Oc1ccc(CN(C(=O)NCc2ccccc2)C(C)C)cc1. The lowest BCUT2D eigenvalue weighted by atomic mass is 10.2. The number of urea groups is 1. The number of hydrogen-bond acceptors (Lipinski definition) is 4. The van der Waals surface area contributed by atoms with Crippen LogP contribution in [0.3, 0.4) is 0 Å². The molecule has 0 fully saturated rings. The van der Waals surface area contributed by atoms with Crippen LogP contribution in [-0.4, -0.2) is 31.1 Å². The minimum absolute atomic E-state index is 0.0113. The van der Waals surface area contributed by atoms with Crippen molar-refractivity contribution in [2.45, 2.75) is 39.9 Å². The van der Waals surface area contributed by atoms with Gasteiger partial charge in [-0.2, -0.15) is 8.42 Å². The van der Waals surface area contributed by atoms with Gasteiger partial charge in [0.1, 0.15) is 5.75 Å². The third-order valence-corrected chi connectivity index (χ3v) is 5.18. The summed E-state index contributed by atoms with van der Waals surface area (Å²) in [7, 11) is -3.54. The largest absolute Gasteiger partial charge is 0.382 e. The van der Waals surface area contributed by atoms with Gasteiger partial charge in [0.2, 0.25) is 0 Å². The van der Waals surface area contributed by atoms with Crippen LogP contribution in [0.1, 0.15) is 31.9 Å². The molecular weight excluding hydrogens is 364 g/mol. The summed E-state index contributed by atoms with van der Waals surface area (Å²) in [4.78, 5) is 14.3. The van der Waals surface area contributed by atoms with Gasteiger partial charge in [-0.3, -0.25) is 0 Å². The molecule has 2 rings (SSSR count). The monoisotopic (exact) mass is 390 g/mol. The fourth-order valence-corrected chi connectivity index (χ4v) is 2.94. The van der Waals surface area contributed by atoms with Crippen molar-refractivity contribution in [3.05, 3.63) is 65.7 Å². The third-order valence-electron chi connectivity index (χ3n) is 4.02. The molecule has 0 saturated heterocycles. The minimum atomic E-state index is -3.54. The van der Waals surface area contributed by atoms with Crippen LogP contribution >= 0.6 is 0 Å². The van der Waals surface area contributed by atoms with Gasteiger partial charge in [0, 0.05) is 19.1 Å². The average Bonchev–Trinajstić information content (AvgIpc) is 2.66. The summed E-state index contributed by atoms with van der Waals surface area (Å²) >= 11 is 0. The second-order valence-corrected chi connectivity index (χ2v) is 8.30. The van der Waals surface area contributed by atoms with Gasteiger partial charge in [0.15, 0.2) is 0 Å². The molecule has 0 unspecified atom stereocenters. The number of benzene rings is 2. The molecule has 1 N–H and O–H groups in total. The van der Waals surface area contributed by atoms with Gasteiger partial charge in [0.25, 0.3) is 0 Å². The van der Waals surface area contributed by atoms with E-state index in [-0.39, 0.29) is 23.6 Å². The molecule has 2 amide bonds. The summed E-state index contributed by atoms with van der Waals surface area (Å²) in [5.74, 6) is 0.183. The van der Waals surface area contributed by atoms with Crippen LogP contribution in [0.25, 0.3) is 0 Å². The number of carbonyl (C=O) groups is 1. The molecule has 0 radical (unpaired) electrons. The van der Waals surface area contributed by atoms with Crippen molar-refractivity contribution in [1.82, 2.24) is 10.2 Å². The van der Waals surface area contributed by atoms with E-state index in [1.165, 1.54) is 6.92 Å². The lowest BCUT2D eigenvalue weighted by Crippen LogP contribution is -2.43. The summed E-state index contributed by atoms with van der Waals surface area (Å²) in [6.45, 7) is 6.31. The predicted molar refractivity (Wildman–Crippen MR) is 106 cm³/mol. The van der Waals surface area contributed by atoms with E-state index in [2.05, 4.69) is 5.32 Å². The molecule has 7 heteroatoms. The van der Waals surface area contributed by atoms with Crippen LogP contribution in [0.5, 0.6) is 5.75 Å². The first-order valence-electron chi connectivity index (χ1n) is 8.90. The van der Waals surface area contributed by atoms with Gasteiger partial charge in [-0.05, 0) is 44.0 Å². The molecule has 6 nitrogen and oxygen atoms in total. The Bertz CT molecular complexity index is 834. The van der Waals surface area contributed by atoms with Gasteiger partial charge >= 0.3 is 16.1 Å². The van der Waals surface area contributed by atoms with Crippen molar-refractivity contribution in [3.8, 4) is 5.75 Å². The number of rotatable bonds is 8. The second-order valence-electron chi connectivity index (χ2n) is 6.44. The highest BCUT2D eigenvalue weighted by atomic mass is 32.2. The van der Waals surface area contributed by atoms with Gasteiger partial charge in [-0.1, -0.05) is 42.5 Å². The van der Waals surface area contributed by atoms with E-state index in [1.807, 2.05) is 44.2 Å². The quantitative estimate of drug-likeness (QED) is 0.700. The molecule has 0 aromatic heterocycles. The van der Waals surface area contributed by atoms with Crippen molar-refractivity contribution < 1.29 is 17.4 Å². The molecule has 0 atom stereocenters. The fourth-order valence-electron chi connectivity index (χ4n) is 2.42. The zero-order chi connectivity index (χ0) is 19.9. The Labute approximate surface area is 161 Å². The zero-order valence-corrected chi connectivity index (χ0v) is 16.7. The summed E-state index contributed by atoms with van der Waals surface area (Å²) in [6, 6.07) is 16.3. The second kappa shape index (κ2) is 9.41. The maximum atomic E-state index is 12.6. The van der Waals surface area contributed by atoms with E-state index >= 15 is 0 Å². The summed E-state index contributed by atoms with van der Waals surface area (Å²) in [5.41, 5.74) is 1.92. The van der Waals surface area contributed by atoms with Crippen LogP contribution in [0.4, 0.5) is 4.79 Å². The molecule has 2 aromatic rings. The lowest BCUT2D eigenvalue weighted by molar-refractivity contribution is 0.179. The Hall–Kier alpha value is -2.54. The van der Waals surface area contributed by atoms with E-state index in [1.54, 1.807) is 29.2 Å². The number of amides is 2. The molecule has 27 heavy (non-hydrogen) atoms. The fraction of sp³-hybridized carbons (Fsp3) is 0.350. The minimum Gasteiger partial charge on any atom is -0.382 e. The van der Waals surface area contributed by atoms with E-state index in [4.69, 9.17) is 4.18 Å². The molecule has 0 aliphatic rings. The highest BCUT2D eigenvalue weighted by Crippen LogP contribution is 2.17. The van der Waals surface area contributed by atoms with Crippen molar-refractivity contribution in [3.63, 3.8) is 0 Å². The standard InChI is InChI=1S/C20H26N2O4S/c1-4-27(24,25)26-19-12-10-18(11-13-19)15-22(16(2)3)20(23)21-14-17-8-6-5-7-9-17/h5-13,16H,4,14-15H2,1-3H3,(H,21,23). The molecular formula is C20H26N2O4S. The maximum absolute atomic E-state index is 12.6. The number of carbonyl (C=O) groups excluding carboxylic acids is 1. The topological polar surface area (TPSA) is 75.7 Å². The highest BCUT2D eigenvalue weighted by Gasteiger charge is 2.17. The average molecular weight is 391 g/mol. The van der Waals surface area contributed by atoms with Crippen molar-refractivity contribution in [2.75, 3.05) is 5.75 Å². The maximum Gasteiger partial charge on any atom is 0.318 e. The van der Waals surface area contributed by atoms with Crippen molar-refractivity contribution in [1.29, 1.82) is 0 Å². The van der Waals surface area contributed by atoms with Gasteiger partial charge in [0.05, 0.1) is 5.75 Å². The van der Waals surface area contributed by atoms with E-state index in [0.717, 1.165) is 11.1 Å². The highest BCUT2D eigenvalue weighted by molar-refractivity contribution is 7.87. The summed E-state index contributed by atoms with van der Waals surface area (Å²) in [6.07, 6.45) is 0. The van der Waals surface area contributed by atoms with Crippen molar-refractivity contribution in [2.24, 2.45) is 0 Å². The summed E-state index contributed by atoms with van der Waals surface area (Å²) < 4.78 is 28.0. The Kier molecular flexibility index (Phi) is 7.24. The smallest absolute Gasteiger partial charge is 0.318 e. The van der Waals surface area contributed by atoms with Crippen molar-refractivity contribution >= 4 is 16.1 Å². The Morgan fingerprint density at radius 2 is 1.67 bits per heavy atom. The molecule has 146 valence electrons.